The Hall–Kier alpha value is -3.78. The molecule has 2 heterocycles. The lowest BCUT2D eigenvalue weighted by Gasteiger charge is -2.12. The molecule has 4 aromatic carbocycles. The minimum absolute atomic E-state index is 1.10. The van der Waals surface area contributed by atoms with Crippen LogP contribution in [0.2, 0.25) is 0 Å². The largest absolute Gasteiger partial charge is 0.248 e. The zero-order valence-corrected chi connectivity index (χ0v) is 19.4. The summed E-state index contributed by atoms with van der Waals surface area (Å²) in [5.74, 6) is 0. The zero-order valence-electron chi connectivity index (χ0n) is 19.4. The van der Waals surface area contributed by atoms with Gasteiger partial charge in [-0.05, 0) is 61.1 Å². The molecule has 0 unspecified atom stereocenters. The lowest BCUT2D eigenvalue weighted by atomic mass is 9.95. The Kier molecular flexibility index (Phi) is 5.64. The van der Waals surface area contributed by atoms with E-state index < -0.39 is 0 Å². The van der Waals surface area contributed by atoms with Crippen molar-refractivity contribution in [3.63, 3.8) is 0 Å². The van der Waals surface area contributed by atoms with E-state index in [0.29, 0.717) is 0 Å². The van der Waals surface area contributed by atoms with Crippen LogP contribution in [0, 0.1) is 0 Å². The number of unbranched alkanes of at least 4 members (excludes halogenated alkanes) is 3. The van der Waals surface area contributed by atoms with Crippen molar-refractivity contribution >= 4 is 43.6 Å². The second-order valence-corrected chi connectivity index (χ2v) is 9.16. The number of aromatic nitrogens is 2. The van der Waals surface area contributed by atoms with Crippen molar-refractivity contribution in [1.82, 2.24) is 9.97 Å². The molecular formula is C32H28N2. The molecule has 6 aromatic rings. The molecule has 6 rings (SSSR count). The molecule has 0 spiro atoms. The van der Waals surface area contributed by atoms with Gasteiger partial charge in [-0.25, -0.2) is 9.97 Å². The van der Waals surface area contributed by atoms with Gasteiger partial charge in [0, 0.05) is 21.5 Å². The highest BCUT2D eigenvalue weighted by Crippen LogP contribution is 2.29. The number of hydrogen-bond donors (Lipinski definition) is 0. The van der Waals surface area contributed by atoms with Crippen LogP contribution in [0.1, 0.15) is 36.8 Å². The van der Waals surface area contributed by atoms with Gasteiger partial charge in [0.1, 0.15) is 0 Å². The highest BCUT2D eigenvalue weighted by molar-refractivity contribution is 5.98. The van der Waals surface area contributed by atoms with Crippen molar-refractivity contribution in [3.8, 4) is 0 Å². The first-order valence-corrected chi connectivity index (χ1v) is 12.4. The molecule has 0 saturated heterocycles. The maximum Gasteiger partial charge on any atom is 0.0712 e. The van der Waals surface area contributed by atoms with Gasteiger partial charge in [-0.3, -0.25) is 0 Å². The summed E-state index contributed by atoms with van der Waals surface area (Å²) in [6.45, 7) is 0. The molecule has 0 aliphatic rings. The van der Waals surface area contributed by atoms with Crippen molar-refractivity contribution in [2.24, 2.45) is 0 Å². The van der Waals surface area contributed by atoms with E-state index in [1.165, 1.54) is 58.4 Å². The Balaban J connectivity index is 1.16. The van der Waals surface area contributed by atoms with Crippen LogP contribution in [-0.4, -0.2) is 9.97 Å². The number of benzene rings is 4. The molecule has 0 N–H and O–H groups in total. The number of rotatable bonds is 7. The fraction of sp³-hybridized carbons (Fsp3) is 0.188. The van der Waals surface area contributed by atoms with Gasteiger partial charge in [-0.1, -0.05) is 85.6 Å². The molecule has 166 valence electrons. The molecule has 0 atom stereocenters. The van der Waals surface area contributed by atoms with Gasteiger partial charge < -0.3 is 0 Å². The van der Waals surface area contributed by atoms with E-state index in [-0.39, 0.29) is 0 Å². The maximum absolute atomic E-state index is 4.87. The van der Waals surface area contributed by atoms with Crippen LogP contribution in [0.5, 0.6) is 0 Å². The number of fused-ring (bicyclic) bond motifs is 4. The number of aryl methyl sites for hydroxylation is 2. The van der Waals surface area contributed by atoms with Crippen LogP contribution in [0.3, 0.4) is 0 Å². The Labute approximate surface area is 200 Å². The van der Waals surface area contributed by atoms with Crippen molar-refractivity contribution in [2.75, 3.05) is 0 Å². The summed E-state index contributed by atoms with van der Waals surface area (Å²) in [6, 6.07) is 34.3. The summed E-state index contributed by atoms with van der Waals surface area (Å²) in [5.41, 5.74) is 7.32. The molecule has 0 aliphatic carbocycles. The third-order valence-corrected chi connectivity index (χ3v) is 7.00. The summed E-state index contributed by atoms with van der Waals surface area (Å²) < 4.78 is 0. The second-order valence-electron chi connectivity index (χ2n) is 9.16. The second kappa shape index (κ2) is 9.23. The first-order chi connectivity index (χ1) is 16.9. The average Bonchev–Trinajstić information content (AvgIpc) is 2.89. The van der Waals surface area contributed by atoms with Crippen LogP contribution >= 0.6 is 0 Å². The SMILES string of the molecule is c1ccc2c(CCCCCCc3c4ccccc4nc4ccccc34)c3ccccc3nc2c1. The number of hydrogen-bond acceptors (Lipinski definition) is 2. The highest BCUT2D eigenvalue weighted by Gasteiger charge is 2.10. The van der Waals surface area contributed by atoms with Gasteiger partial charge in [0.25, 0.3) is 0 Å². The minimum atomic E-state index is 1.10. The predicted molar refractivity (Wildman–Crippen MR) is 144 cm³/mol. The fourth-order valence-corrected chi connectivity index (χ4v) is 5.35. The number of nitrogens with zero attached hydrogens (tertiary/aromatic N) is 2. The monoisotopic (exact) mass is 440 g/mol. The highest BCUT2D eigenvalue weighted by atomic mass is 14.7. The van der Waals surface area contributed by atoms with Crippen molar-refractivity contribution < 1.29 is 0 Å². The smallest absolute Gasteiger partial charge is 0.0712 e. The number of pyridine rings is 2. The molecule has 2 nitrogen and oxygen atoms in total. The lowest BCUT2D eigenvalue weighted by molar-refractivity contribution is 0.644. The molecule has 34 heavy (non-hydrogen) atoms. The molecular weight excluding hydrogens is 412 g/mol. The molecule has 2 heteroatoms. The molecule has 0 amide bonds. The van der Waals surface area contributed by atoms with Crippen LogP contribution < -0.4 is 0 Å². The van der Waals surface area contributed by atoms with E-state index in [1.807, 2.05) is 0 Å². The average molecular weight is 441 g/mol. The van der Waals surface area contributed by atoms with E-state index in [4.69, 9.17) is 9.97 Å². The van der Waals surface area contributed by atoms with E-state index >= 15 is 0 Å². The van der Waals surface area contributed by atoms with Crippen LogP contribution in [0.15, 0.2) is 97.1 Å². The van der Waals surface area contributed by atoms with E-state index in [2.05, 4.69) is 97.1 Å². The molecule has 0 fully saturated rings. The van der Waals surface area contributed by atoms with Crippen LogP contribution in [0.4, 0.5) is 0 Å². The first-order valence-electron chi connectivity index (χ1n) is 12.4. The molecule has 0 radical (unpaired) electrons. The Morgan fingerprint density at radius 1 is 0.353 bits per heavy atom. The van der Waals surface area contributed by atoms with Gasteiger partial charge in [0.05, 0.1) is 22.1 Å². The van der Waals surface area contributed by atoms with Crippen molar-refractivity contribution in [3.05, 3.63) is 108 Å². The van der Waals surface area contributed by atoms with Crippen molar-refractivity contribution in [2.45, 2.75) is 38.5 Å². The van der Waals surface area contributed by atoms with Crippen LogP contribution in [0.25, 0.3) is 43.6 Å². The molecule has 2 aromatic heterocycles. The third-order valence-electron chi connectivity index (χ3n) is 7.00. The molecule has 0 saturated carbocycles. The van der Waals surface area contributed by atoms with Crippen LogP contribution in [-0.2, 0) is 12.8 Å². The standard InChI is InChI=1S/C32H28N2/c1(3-13-23-25-15-5-9-19-29(25)33-30-20-10-6-16-26(23)30)2-4-14-24-27-17-7-11-21-31(27)34-32-22-12-8-18-28(24)32/h5-12,15-22H,1-4,13-14H2. The van der Waals surface area contributed by atoms with E-state index in [0.717, 1.165) is 34.9 Å². The third kappa shape index (κ3) is 3.90. The van der Waals surface area contributed by atoms with Crippen molar-refractivity contribution in [1.29, 1.82) is 0 Å². The summed E-state index contributed by atoms with van der Waals surface area (Å²) in [7, 11) is 0. The van der Waals surface area contributed by atoms with E-state index in [9.17, 15) is 0 Å². The summed E-state index contributed by atoms with van der Waals surface area (Å²) in [4.78, 5) is 9.75. The summed E-state index contributed by atoms with van der Waals surface area (Å²) in [6.07, 6.45) is 7.10. The van der Waals surface area contributed by atoms with E-state index in [1.54, 1.807) is 0 Å². The maximum atomic E-state index is 4.87. The predicted octanol–water partition coefficient (Wildman–Crippen LogP) is 8.44. The quantitative estimate of drug-likeness (QED) is 0.184. The Morgan fingerprint density at radius 3 is 0.971 bits per heavy atom. The fourth-order valence-electron chi connectivity index (χ4n) is 5.35. The summed E-state index contributed by atoms with van der Waals surface area (Å²) in [5, 5.41) is 5.21. The normalized spacial score (nSPS) is 11.6. The summed E-state index contributed by atoms with van der Waals surface area (Å²) >= 11 is 0. The first kappa shape index (κ1) is 20.8. The van der Waals surface area contributed by atoms with Gasteiger partial charge in [0.15, 0.2) is 0 Å². The Morgan fingerprint density at radius 2 is 0.647 bits per heavy atom. The Bertz CT molecular complexity index is 1390. The van der Waals surface area contributed by atoms with Gasteiger partial charge >= 0.3 is 0 Å². The topological polar surface area (TPSA) is 25.8 Å². The lowest BCUT2D eigenvalue weighted by Crippen LogP contribution is -1.95. The molecule has 0 aliphatic heterocycles. The molecule has 0 bridgehead atoms. The minimum Gasteiger partial charge on any atom is -0.248 e. The number of para-hydroxylation sites is 4. The van der Waals surface area contributed by atoms with Gasteiger partial charge in [-0.2, -0.15) is 0 Å². The van der Waals surface area contributed by atoms with Gasteiger partial charge in [-0.15, -0.1) is 0 Å². The van der Waals surface area contributed by atoms with Gasteiger partial charge in [0.2, 0.25) is 0 Å². The zero-order chi connectivity index (χ0) is 22.7.